The third-order valence-electron chi connectivity index (χ3n) is 3.94. The van der Waals surface area contributed by atoms with Crippen LogP contribution >= 0.6 is 12.2 Å². The van der Waals surface area contributed by atoms with E-state index in [1.165, 1.54) is 12.3 Å². The van der Waals surface area contributed by atoms with E-state index in [1.54, 1.807) is 28.9 Å². The number of rotatable bonds is 4. The smallest absolute Gasteiger partial charge is 0.358 e. The third-order valence-corrected chi connectivity index (χ3v) is 4.14. The monoisotopic (exact) mass is 379 g/mol. The minimum Gasteiger partial charge on any atom is -0.452 e. The molecule has 27 heavy (non-hydrogen) atoms. The summed E-state index contributed by atoms with van der Waals surface area (Å²) in [6, 6.07) is 17.9. The summed E-state index contributed by atoms with van der Waals surface area (Å²) in [5, 5.41) is 4.45. The van der Waals surface area contributed by atoms with Crippen molar-refractivity contribution >= 4 is 23.0 Å². The van der Waals surface area contributed by atoms with E-state index in [9.17, 15) is 4.39 Å². The largest absolute Gasteiger partial charge is 0.452 e. The lowest BCUT2D eigenvalue weighted by atomic mass is 10.2. The lowest BCUT2D eigenvalue weighted by molar-refractivity contribution is 0.238. The van der Waals surface area contributed by atoms with Gasteiger partial charge in [-0.2, -0.15) is 9.49 Å². The van der Waals surface area contributed by atoms with Crippen molar-refractivity contribution in [2.75, 3.05) is 0 Å². The Labute approximate surface area is 160 Å². The minimum atomic E-state index is -0.521. The molecule has 3 heterocycles. The van der Waals surface area contributed by atoms with E-state index >= 15 is 0 Å². The maximum absolute atomic E-state index is 13.1. The van der Waals surface area contributed by atoms with E-state index in [-0.39, 0.29) is 11.8 Å². The first kappa shape index (κ1) is 17.1. The molecule has 0 amide bonds. The molecule has 0 N–H and O–H groups in total. The molecule has 1 aromatic carbocycles. The fourth-order valence-corrected chi connectivity index (χ4v) is 2.83. The molecule has 4 aromatic rings. The van der Waals surface area contributed by atoms with Crippen LogP contribution in [0.2, 0.25) is 0 Å². The number of hydrogen-bond acceptors (Lipinski definition) is 5. The summed E-state index contributed by atoms with van der Waals surface area (Å²) in [4.78, 5) is 3.70. The first-order valence-corrected chi connectivity index (χ1v) is 8.59. The SMILES string of the molecule is Fc1ccc(-c2cccc3c(COC(=S)Oc4ccccc4)cnn23)cn1. The number of ether oxygens (including phenoxy) is 2. The van der Waals surface area contributed by atoms with Crippen LogP contribution < -0.4 is 4.74 Å². The van der Waals surface area contributed by atoms with Crippen LogP contribution in [0.1, 0.15) is 5.56 Å². The van der Waals surface area contributed by atoms with E-state index in [2.05, 4.69) is 10.1 Å². The first-order chi connectivity index (χ1) is 13.2. The van der Waals surface area contributed by atoms with Crippen LogP contribution in [-0.2, 0) is 11.3 Å². The van der Waals surface area contributed by atoms with Crippen LogP contribution in [0.15, 0.2) is 73.1 Å². The van der Waals surface area contributed by atoms with Crippen molar-refractivity contribution in [3.05, 3.63) is 84.6 Å². The quantitative estimate of drug-likeness (QED) is 0.388. The van der Waals surface area contributed by atoms with Gasteiger partial charge in [-0.25, -0.2) is 9.50 Å². The van der Waals surface area contributed by atoms with Gasteiger partial charge in [-0.1, -0.05) is 24.3 Å². The van der Waals surface area contributed by atoms with Gasteiger partial charge in [0.2, 0.25) is 5.95 Å². The molecule has 5 nitrogen and oxygen atoms in total. The van der Waals surface area contributed by atoms with Crippen molar-refractivity contribution in [1.29, 1.82) is 0 Å². The molecule has 0 spiro atoms. The number of thiocarbonyl (C=S) groups is 1. The molecule has 0 aliphatic carbocycles. The van der Waals surface area contributed by atoms with E-state index in [1.807, 2.05) is 36.4 Å². The molecule has 0 saturated carbocycles. The van der Waals surface area contributed by atoms with Gasteiger partial charge >= 0.3 is 5.24 Å². The lowest BCUT2D eigenvalue weighted by Crippen LogP contribution is -2.09. The fraction of sp³-hybridized carbons (Fsp3) is 0.0500. The van der Waals surface area contributed by atoms with E-state index in [0.717, 1.165) is 22.3 Å². The molecule has 0 radical (unpaired) electrons. The molecule has 0 aliphatic rings. The summed E-state index contributed by atoms with van der Waals surface area (Å²) in [7, 11) is 0. The Hall–Kier alpha value is -3.32. The molecule has 0 unspecified atom stereocenters. The van der Waals surface area contributed by atoms with Crippen molar-refractivity contribution in [3.8, 4) is 17.0 Å². The first-order valence-electron chi connectivity index (χ1n) is 8.18. The number of halogens is 1. The predicted molar refractivity (Wildman–Crippen MR) is 103 cm³/mol. The average molecular weight is 379 g/mol. The van der Waals surface area contributed by atoms with Gasteiger partial charge in [-0.15, -0.1) is 0 Å². The predicted octanol–water partition coefficient (Wildman–Crippen LogP) is 4.42. The second kappa shape index (κ2) is 7.51. The third kappa shape index (κ3) is 3.78. The van der Waals surface area contributed by atoms with Crippen LogP contribution in [0.4, 0.5) is 4.39 Å². The maximum Gasteiger partial charge on any atom is 0.358 e. The highest BCUT2D eigenvalue weighted by Gasteiger charge is 2.11. The summed E-state index contributed by atoms with van der Waals surface area (Å²) in [6.45, 7) is 0.223. The molecule has 0 atom stereocenters. The molecule has 134 valence electrons. The Balaban J connectivity index is 1.52. The molecule has 0 fully saturated rings. The topological polar surface area (TPSA) is 48.7 Å². The number of hydrogen-bond donors (Lipinski definition) is 0. The lowest BCUT2D eigenvalue weighted by Gasteiger charge is -2.08. The second-order valence-electron chi connectivity index (χ2n) is 5.70. The highest BCUT2D eigenvalue weighted by molar-refractivity contribution is 7.79. The molecule has 0 saturated heterocycles. The molecular weight excluding hydrogens is 365 g/mol. The zero-order valence-electron chi connectivity index (χ0n) is 14.1. The van der Waals surface area contributed by atoms with Gasteiger partial charge in [-0.3, -0.25) is 0 Å². The Morgan fingerprint density at radius 1 is 1.00 bits per heavy atom. The van der Waals surface area contributed by atoms with Crippen molar-refractivity contribution in [1.82, 2.24) is 14.6 Å². The summed E-state index contributed by atoms with van der Waals surface area (Å²) in [5.41, 5.74) is 3.28. The summed E-state index contributed by atoms with van der Waals surface area (Å²) in [5.74, 6) is 0.0980. The van der Waals surface area contributed by atoms with E-state index < -0.39 is 5.95 Å². The van der Waals surface area contributed by atoms with Crippen LogP contribution in [0.5, 0.6) is 5.75 Å². The standard InChI is InChI=1S/C20H14FN3O2S/c21-19-10-9-14(11-22-19)17-7-4-8-18-15(12-23-24(17)18)13-25-20(27)26-16-5-2-1-3-6-16/h1-12H,13H2. The van der Waals surface area contributed by atoms with Crippen LogP contribution in [0.25, 0.3) is 16.8 Å². The van der Waals surface area contributed by atoms with Gasteiger partial charge in [0.25, 0.3) is 0 Å². The summed E-state index contributed by atoms with van der Waals surface area (Å²) >= 11 is 5.13. The average Bonchev–Trinajstić information content (AvgIpc) is 3.11. The zero-order valence-corrected chi connectivity index (χ0v) is 14.9. The molecule has 7 heteroatoms. The van der Waals surface area contributed by atoms with Crippen molar-refractivity contribution in [2.45, 2.75) is 6.61 Å². The molecule has 4 rings (SSSR count). The number of benzene rings is 1. The van der Waals surface area contributed by atoms with Crippen molar-refractivity contribution in [2.24, 2.45) is 0 Å². The van der Waals surface area contributed by atoms with Gasteiger partial charge in [0.1, 0.15) is 12.4 Å². The maximum atomic E-state index is 13.1. The van der Waals surface area contributed by atoms with Gasteiger partial charge in [0.05, 0.1) is 17.4 Å². The minimum absolute atomic E-state index is 0.0411. The Kier molecular flexibility index (Phi) is 4.76. The van der Waals surface area contributed by atoms with E-state index in [4.69, 9.17) is 21.7 Å². The molecular formula is C20H14FN3O2S. The number of nitrogens with zero attached hydrogens (tertiary/aromatic N) is 3. The molecule has 0 bridgehead atoms. The van der Waals surface area contributed by atoms with Crippen LogP contribution in [0, 0.1) is 5.95 Å². The summed E-state index contributed by atoms with van der Waals surface area (Å²) in [6.07, 6.45) is 3.19. The van der Waals surface area contributed by atoms with E-state index in [0.29, 0.717) is 5.75 Å². The summed E-state index contributed by atoms with van der Waals surface area (Å²) < 4.78 is 25.9. The van der Waals surface area contributed by atoms with Gasteiger partial charge in [0, 0.05) is 29.5 Å². The highest BCUT2D eigenvalue weighted by Crippen LogP contribution is 2.22. The number of aromatic nitrogens is 3. The molecule has 0 aliphatic heterocycles. The molecule has 3 aromatic heterocycles. The Morgan fingerprint density at radius 3 is 2.63 bits per heavy atom. The Morgan fingerprint density at radius 2 is 1.85 bits per heavy atom. The highest BCUT2D eigenvalue weighted by atomic mass is 32.1. The van der Waals surface area contributed by atoms with Crippen molar-refractivity contribution in [3.63, 3.8) is 0 Å². The number of fused-ring (bicyclic) bond motifs is 1. The second-order valence-corrected chi connectivity index (χ2v) is 6.03. The van der Waals surface area contributed by atoms with Crippen LogP contribution in [-0.4, -0.2) is 19.8 Å². The zero-order chi connectivity index (χ0) is 18.6. The van der Waals surface area contributed by atoms with Crippen LogP contribution in [0.3, 0.4) is 0 Å². The van der Waals surface area contributed by atoms with Gasteiger partial charge in [0.15, 0.2) is 0 Å². The van der Waals surface area contributed by atoms with Gasteiger partial charge < -0.3 is 9.47 Å². The van der Waals surface area contributed by atoms with Gasteiger partial charge in [-0.05, 0) is 36.4 Å². The normalized spacial score (nSPS) is 10.7. The fourth-order valence-electron chi connectivity index (χ4n) is 2.67. The Bertz CT molecular complexity index is 1080. The number of para-hydroxylation sites is 1. The van der Waals surface area contributed by atoms with Crippen molar-refractivity contribution < 1.29 is 13.9 Å². The number of pyridine rings is 2.